The molecule has 2 unspecified atom stereocenters. The Hall–Kier alpha value is -1.84. The van der Waals surface area contributed by atoms with Crippen LogP contribution in [0.3, 0.4) is 0 Å². The van der Waals surface area contributed by atoms with Crippen LogP contribution in [0.15, 0.2) is 12.7 Å². The average molecular weight is 434 g/mol. The minimum Gasteiger partial charge on any atom is -0.388 e. The topological polar surface area (TPSA) is 105 Å². The van der Waals surface area contributed by atoms with Crippen LogP contribution >= 0.6 is 0 Å². The summed E-state index contributed by atoms with van der Waals surface area (Å²) < 4.78 is 21.9. The summed E-state index contributed by atoms with van der Waals surface area (Å²) in [5, 5.41) is 24.7. The van der Waals surface area contributed by atoms with Crippen LogP contribution in [0.25, 0.3) is 11.2 Å². The fourth-order valence-corrected chi connectivity index (χ4v) is 5.47. The predicted molar refractivity (Wildman–Crippen MR) is 113 cm³/mol. The van der Waals surface area contributed by atoms with Crippen LogP contribution in [0.2, 0.25) is 0 Å². The number of aliphatic hydroxyl groups excluding tert-OH is 2. The molecular formula is C22H32FN5O3. The summed E-state index contributed by atoms with van der Waals surface area (Å²) in [7, 11) is 0. The zero-order chi connectivity index (χ0) is 21.4. The van der Waals surface area contributed by atoms with E-state index in [1.54, 1.807) is 10.9 Å². The number of rotatable bonds is 6. The van der Waals surface area contributed by atoms with E-state index in [9.17, 15) is 14.6 Å². The van der Waals surface area contributed by atoms with E-state index in [2.05, 4.69) is 20.3 Å². The quantitative estimate of drug-likeness (QED) is 0.643. The molecule has 0 spiro atoms. The van der Waals surface area contributed by atoms with Gasteiger partial charge in [0.25, 0.3) is 0 Å². The van der Waals surface area contributed by atoms with Gasteiger partial charge in [0, 0.05) is 6.04 Å². The molecule has 6 atom stereocenters. The minimum absolute atomic E-state index is 0.0202. The molecule has 9 heteroatoms. The first kappa shape index (κ1) is 21.0. The van der Waals surface area contributed by atoms with Crippen molar-refractivity contribution in [3.8, 4) is 0 Å². The molecule has 31 heavy (non-hydrogen) atoms. The van der Waals surface area contributed by atoms with Gasteiger partial charge in [-0.15, -0.1) is 0 Å². The first-order chi connectivity index (χ1) is 15.1. The second-order valence-electron chi connectivity index (χ2n) is 9.36. The molecular weight excluding hydrogens is 401 g/mol. The van der Waals surface area contributed by atoms with Crippen molar-refractivity contribution >= 4 is 17.0 Å². The smallest absolute Gasteiger partial charge is 0.167 e. The van der Waals surface area contributed by atoms with E-state index in [1.807, 2.05) is 0 Å². The molecule has 5 rings (SSSR count). The number of nitrogens with one attached hydrogen (secondary N) is 1. The standard InChI is InChI=1S/C22H32FN5O3/c23-15-8-4-1-5-13(15)9-10-16-18(29)19(30)22(31-16)28-12-26-17-20(24-11-25-21(17)28)27-14-6-2-3-7-14/h11-16,18-19,22,29-30H,1-10H2,(H,24,25,27)/t13?,15?,16-,18-,19-,22-/m1/s1. The summed E-state index contributed by atoms with van der Waals surface area (Å²) in [6, 6.07) is 0.391. The number of aromatic nitrogens is 4. The minimum atomic E-state index is -1.10. The number of aliphatic hydroxyl groups is 2. The number of halogens is 1. The number of alkyl halides is 1. The zero-order valence-corrected chi connectivity index (χ0v) is 17.7. The third-order valence-electron chi connectivity index (χ3n) is 7.30. The zero-order valence-electron chi connectivity index (χ0n) is 17.7. The van der Waals surface area contributed by atoms with E-state index in [0.717, 1.165) is 32.1 Å². The number of ether oxygens (including phenoxy) is 1. The molecule has 3 aliphatic rings. The Morgan fingerprint density at radius 2 is 1.77 bits per heavy atom. The van der Waals surface area contributed by atoms with Crippen molar-refractivity contribution in [3.63, 3.8) is 0 Å². The number of fused-ring (bicyclic) bond motifs is 1. The van der Waals surface area contributed by atoms with Gasteiger partial charge in [0.2, 0.25) is 0 Å². The molecule has 2 aromatic rings. The lowest BCUT2D eigenvalue weighted by Gasteiger charge is -2.27. The molecule has 170 valence electrons. The van der Waals surface area contributed by atoms with Crippen molar-refractivity contribution in [1.29, 1.82) is 0 Å². The van der Waals surface area contributed by atoms with Crippen molar-refractivity contribution in [2.75, 3.05) is 5.32 Å². The van der Waals surface area contributed by atoms with Gasteiger partial charge in [-0.1, -0.05) is 25.7 Å². The Morgan fingerprint density at radius 3 is 2.58 bits per heavy atom. The van der Waals surface area contributed by atoms with E-state index in [0.29, 0.717) is 42.3 Å². The van der Waals surface area contributed by atoms with Gasteiger partial charge >= 0.3 is 0 Å². The summed E-state index contributed by atoms with van der Waals surface area (Å²) in [4.78, 5) is 13.2. The van der Waals surface area contributed by atoms with E-state index >= 15 is 0 Å². The van der Waals surface area contributed by atoms with Crippen LogP contribution in [0.5, 0.6) is 0 Å². The number of imidazole rings is 1. The van der Waals surface area contributed by atoms with Gasteiger partial charge in [-0.2, -0.15) is 0 Å². The van der Waals surface area contributed by atoms with Crippen molar-refractivity contribution < 1.29 is 19.3 Å². The fourth-order valence-electron chi connectivity index (χ4n) is 5.47. The molecule has 2 aliphatic carbocycles. The predicted octanol–water partition coefficient (Wildman–Crippen LogP) is 3.11. The van der Waals surface area contributed by atoms with Crippen LogP contribution < -0.4 is 5.32 Å². The van der Waals surface area contributed by atoms with Crippen molar-refractivity contribution in [2.24, 2.45) is 5.92 Å². The average Bonchev–Trinajstić information content (AvgIpc) is 3.50. The van der Waals surface area contributed by atoms with E-state index in [4.69, 9.17) is 4.74 Å². The molecule has 1 aliphatic heterocycles. The summed E-state index contributed by atoms with van der Waals surface area (Å²) in [6.45, 7) is 0. The van der Waals surface area contributed by atoms with Gasteiger partial charge in [0.15, 0.2) is 23.2 Å². The number of hydrogen-bond acceptors (Lipinski definition) is 7. The molecule has 3 fully saturated rings. The monoisotopic (exact) mass is 433 g/mol. The Kier molecular flexibility index (Phi) is 6.08. The van der Waals surface area contributed by atoms with Crippen LogP contribution in [0, 0.1) is 5.92 Å². The van der Waals surface area contributed by atoms with Crippen LogP contribution in [-0.2, 0) is 4.74 Å². The van der Waals surface area contributed by atoms with Gasteiger partial charge in [-0.3, -0.25) is 4.57 Å². The molecule has 3 N–H and O–H groups in total. The molecule has 2 aromatic heterocycles. The second kappa shape index (κ2) is 8.96. The summed E-state index contributed by atoms with van der Waals surface area (Å²) >= 11 is 0. The summed E-state index contributed by atoms with van der Waals surface area (Å²) in [6.07, 6.45) is 8.21. The largest absolute Gasteiger partial charge is 0.388 e. The molecule has 0 bridgehead atoms. The lowest BCUT2D eigenvalue weighted by molar-refractivity contribution is -0.0397. The van der Waals surface area contributed by atoms with Crippen molar-refractivity contribution in [1.82, 2.24) is 19.5 Å². The number of nitrogens with zero attached hydrogens (tertiary/aromatic N) is 4. The van der Waals surface area contributed by atoms with Gasteiger partial charge in [-0.05, 0) is 44.4 Å². The fraction of sp³-hybridized carbons (Fsp3) is 0.773. The Morgan fingerprint density at radius 1 is 1.00 bits per heavy atom. The molecule has 8 nitrogen and oxygen atoms in total. The first-order valence-electron chi connectivity index (χ1n) is 11.7. The lowest BCUT2D eigenvalue weighted by atomic mass is 9.83. The van der Waals surface area contributed by atoms with E-state index in [1.165, 1.54) is 19.2 Å². The molecule has 1 saturated heterocycles. The normalized spacial score (nSPS) is 34.5. The van der Waals surface area contributed by atoms with Crippen LogP contribution in [-0.4, -0.2) is 60.3 Å². The maximum atomic E-state index is 14.2. The summed E-state index contributed by atoms with van der Waals surface area (Å²) in [5.74, 6) is 0.707. The lowest BCUT2D eigenvalue weighted by Crippen LogP contribution is -2.32. The van der Waals surface area contributed by atoms with Gasteiger partial charge in [-0.25, -0.2) is 19.3 Å². The molecule has 3 heterocycles. The highest BCUT2D eigenvalue weighted by molar-refractivity contribution is 5.82. The van der Waals surface area contributed by atoms with E-state index < -0.39 is 30.7 Å². The van der Waals surface area contributed by atoms with Crippen molar-refractivity contribution in [2.45, 2.75) is 101 Å². The number of hydrogen-bond donors (Lipinski definition) is 3. The molecule has 0 aromatic carbocycles. The highest BCUT2D eigenvalue weighted by Gasteiger charge is 2.44. The van der Waals surface area contributed by atoms with Gasteiger partial charge in [0.05, 0.1) is 12.4 Å². The van der Waals surface area contributed by atoms with Crippen LogP contribution in [0.1, 0.15) is 70.4 Å². The Balaban J connectivity index is 1.30. The SMILES string of the molecule is O[C@@H]1[C@H](O)[C@@H](CCC2CCCCC2F)O[C@H]1n1cnc2c(NC3CCCC3)ncnc21. The summed E-state index contributed by atoms with van der Waals surface area (Å²) in [5.41, 5.74) is 1.19. The maximum Gasteiger partial charge on any atom is 0.167 e. The van der Waals surface area contributed by atoms with Crippen LogP contribution in [0.4, 0.5) is 10.2 Å². The van der Waals surface area contributed by atoms with Gasteiger partial charge in [0.1, 0.15) is 24.7 Å². The first-order valence-corrected chi connectivity index (χ1v) is 11.7. The Bertz CT molecular complexity index is 889. The third-order valence-corrected chi connectivity index (χ3v) is 7.30. The third kappa shape index (κ3) is 4.15. The van der Waals surface area contributed by atoms with Crippen molar-refractivity contribution in [3.05, 3.63) is 12.7 Å². The van der Waals surface area contributed by atoms with Gasteiger partial charge < -0.3 is 20.3 Å². The van der Waals surface area contributed by atoms with E-state index in [-0.39, 0.29) is 5.92 Å². The maximum absolute atomic E-state index is 14.2. The molecule has 0 radical (unpaired) electrons. The number of anilines is 1. The second-order valence-corrected chi connectivity index (χ2v) is 9.36. The molecule has 0 amide bonds. The highest BCUT2D eigenvalue weighted by atomic mass is 19.1. The highest BCUT2D eigenvalue weighted by Crippen LogP contribution is 2.37. The Labute approximate surface area is 181 Å². The molecule has 2 saturated carbocycles.